The van der Waals surface area contributed by atoms with Gasteiger partial charge in [0.15, 0.2) is 0 Å². The number of halogens is 3. The summed E-state index contributed by atoms with van der Waals surface area (Å²) in [6.07, 6.45) is -1.94. The molecule has 1 aliphatic rings. The molecular formula is C16H11BrClFN2O. The molecule has 0 spiro atoms. The first-order chi connectivity index (χ1) is 10.5. The van der Waals surface area contributed by atoms with Gasteiger partial charge in [-0.25, -0.2) is 9.38 Å². The summed E-state index contributed by atoms with van der Waals surface area (Å²) in [5.74, 6) is -0.698. The molecule has 0 saturated carbocycles. The van der Waals surface area contributed by atoms with Crippen molar-refractivity contribution in [2.45, 2.75) is 6.30 Å². The van der Waals surface area contributed by atoms with Gasteiger partial charge in [-0.3, -0.25) is 4.79 Å². The average Bonchev–Trinajstić information content (AvgIpc) is 2.59. The van der Waals surface area contributed by atoms with Crippen molar-refractivity contribution in [1.29, 1.82) is 0 Å². The van der Waals surface area contributed by atoms with Gasteiger partial charge in [-0.2, -0.15) is 0 Å². The van der Waals surface area contributed by atoms with Crippen molar-refractivity contribution in [3.8, 4) is 0 Å². The number of hydrogen-bond acceptors (Lipinski definition) is 2. The van der Waals surface area contributed by atoms with E-state index in [2.05, 4.69) is 20.9 Å². The van der Waals surface area contributed by atoms with Gasteiger partial charge in [0.2, 0.25) is 0 Å². The molecule has 0 aromatic heterocycles. The van der Waals surface area contributed by atoms with Gasteiger partial charge in [-0.15, -0.1) is 0 Å². The maximum Gasteiger partial charge on any atom is 0.284 e. The number of alkyl halides is 1. The molecular weight excluding hydrogens is 371 g/mol. The molecule has 2 aromatic rings. The van der Waals surface area contributed by atoms with Crippen LogP contribution in [0, 0.1) is 0 Å². The second kappa shape index (κ2) is 5.82. The molecule has 0 N–H and O–H groups in total. The normalized spacial score (nSPS) is 17.8. The Hall–Kier alpha value is -1.72. The van der Waals surface area contributed by atoms with Gasteiger partial charge < -0.3 is 4.90 Å². The Morgan fingerprint density at radius 3 is 2.59 bits per heavy atom. The van der Waals surface area contributed by atoms with E-state index in [0.717, 1.165) is 10.0 Å². The zero-order valence-electron chi connectivity index (χ0n) is 11.6. The van der Waals surface area contributed by atoms with E-state index in [1.54, 1.807) is 18.2 Å². The number of amides is 1. The van der Waals surface area contributed by atoms with Crippen LogP contribution >= 0.6 is 27.5 Å². The molecule has 0 bridgehead atoms. The Balaban J connectivity index is 2.25. The van der Waals surface area contributed by atoms with Gasteiger partial charge in [0.1, 0.15) is 0 Å². The van der Waals surface area contributed by atoms with Gasteiger partial charge in [0.25, 0.3) is 12.2 Å². The number of anilines is 1. The summed E-state index contributed by atoms with van der Waals surface area (Å²) < 4.78 is 15.1. The van der Waals surface area contributed by atoms with Crippen LogP contribution in [0.3, 0.4) is 0 Å². The Kier molecular flexibility index (Phi) is 4.02. The molecule has 2 aromatic carbocycles. The summed E-state index contributed by atoms with van der Waals surface area (Å²) in [5, 5.41) is 0.502. The van der Waals surface area contributed by atoms with E-state index in [1.165, 1.54) is 11.9 Å². The summed E-state index contributed by atoms with van der Waals surface area (Å²) in [5.41, 5.74) is 2.34. The Bertz CT molecular complexity index is 776. The monoisotopic (exact) mass is 380 g/mol. The van der Waals surface area contributed by atoms with Crippen LogP contribution in [0.15, 0.2) is 51.9 Å². The minimum Gasteiger partial charge on any atom is -0.311 e. The third kappa shape index (κ3) is 2.66. The first-order valence-electron chi connectivity index (χ1n) is 6.52. The number of carbonyl (C=O) groups excluding carboxylic acids is 1. The van der Waals surface area contributed by atoms with Crippen molar-refractivity contribution < 1.29 is 9.18 Å². The molecule has 1 atom stereocenters. The molecule has 0 fully saturated rings. The summed E-state index contributed by atoms with van der Waals surface area (Å²) >= 11 is 9.43. The molecule has 112 valence electrons. The summed E-state index contributed by atoms with van der Waals surface area (Å²) in [7, 11) is 1.53. The fourth-order valence-corrected chi connectivity index (χ4v) is 2.78. The van der Waals surface area contributed by atoms with Crippen molar-refractivity contribution in [3.63, 3.8) is 0 Å². The Labute approximate surface area is 140 Å². The van der Waals surface area contributed by atoms with Crippen LogP contribution in [-0.4, -0.2) is 25.0 Å². The van der Waals surface area contributed by atoms with Gasteiger partial charge >= 0.3 is 0 Å². The quantitative estimate of drug-likeness (QED) is 0.681. The molecule has 1 heterocycles. The highest BCUT2D eigenvalue weighted by molar-refractivity contribution is 9.10. The first kappa shape index (κ1) is 15.2. The first-order valence-corrected chi connectivity index (χ1v) is 7.70. The lowest BCUT2D eigenvalue weighted by Crippen LogP contribution is -2.32. The van der Waals surface area contributed by atoms with Crippen LogP contribution in [0.2, 0.25) is 5.02 Å². The van der Waals surface area contributed by atoms with E-state index < -0.39 is 12.2 Å². The third-order valence-corrected chi connectivity index (χ3v) is 4.23. The average molecular weight is 382 g/mol. The number of benzodiazepines with no additional fused rings is 1. The predicted molar refractivity (Wildman–Crippen MR) is 89.5 cm³/mol. The minimum atomic E-state index is -1.94. The fourth-order valence-electron chi connectivity index (χ4n) is 2.34. The molecule has 3 nitrogen and oxygen atoms in total. The maximum absolute atomic E-state index is 14.1. The van der Waals surface area contributed by atoms with Crippen molar-refractivity contribution >= 4 is 44.8 Å². The highest BCUT2D eigenvalue weighted by Gasteiger charge is 2.29. The zero-order valence-corrected chi connectivity index (χ0v) is 13.9. The van der Waals surface area contributed by atoms with Gasteiger partial charge in [0.05, 0.1) is 11.4 Å². The highest BCUT2D eigenvalue weighted by atomic mass is 79.9. The lowest BCUT2D eigenvalue weighted by molar-refractivity contribution is -0.122. The van der Waals surface area contributed by atoms with Crippen LogP contribution in [0.25, 0.3) is 0 Å². The molecule has 1 unspecified atom stereocenters. The van der Waals surface area contributed by atoms with Gasteiger partial charge in [-0.1, -0.05) is 39.7 Å². The van der Waals surface area contributed by atoms with Crippen LogP contribution in [0.1, 0.15) is 11.1 Å². The van der Waals surface area contributed by atoms with Crippen molar-refractivity contribution in [2.75, 3.05) is 11.9 Å². The molecule has 6 heteroatoms. The molecule has 1 aliphatic heterocycles. The number of carbonyl (C=O) groups is 1. The fraction of sp³-hybridized carbons (Fsp3) is 0.125. The number of benzene rings is 2. The Morgan fingerprint density at radius 2 is 1.91 bits per heavy atom. The summed E-state index contributed by atoms with van der Waals surface area (Å²) in [6.45, 7) is 0. The van der Waals surface area contributed by atoms with Gasteiger partial charge in [0, 0.05) is 27.7 Å². The Morgan fingerprint density at radius 1 is 1.23 bits per heavy atom. The molecule has 0 radical (unpaired) electrons. The van der Waals surface area contributed by atoms with Crippen molar-refractivity contribution in [2.24, 2.45) is 4.99 Å². The highest BCUT2D eigenvalue weighted by Crippen LogP contribution is 2.30. The van der Waals surface area contributed by atoms with Crippen molar-refractivity contribution in [1.82, 2.24) is 0 Å². The SMILES string of the molecule is CN1C(=O)C(F)N=C(c2ccc(Br)cc2)c2cc(Cl)ccc21. The van der Waals surface area contributed by atoms with E-state index >= 15 is 0 Å². The molecule has 22 heavy (non-hydrogen) atoms. The largest absolute Gasteiger partial charge is 0.311 e. The number of aliphatic imine (C=N–C) groups is 1. The number of likely N-dealkylation sites (N-methyl/N-ethyl adjacent to an activating group) is 1. The van der Waals surface area contributed by atoms with E-state index in [-0.39, 0.29) is 0 Å². The lowest BCUT2D eigenvalue weighted by atomic mass is 10.0. The van der Waals surface area contributed by atoms with E-state index in [1.807, 2.05) is 24.3 Å². The second-order valence-electron chi connectivity index (χ2n) is 4.88. The van der Waals surface area contributed by atoms with Crippen LogP contribution < -0.4 is 4.90 Å². The molecule has 0 saturated heterocycles. The number of hydrogen-bond donors (Lipinski definition) is 0. The predicted octanol–water partition coefficient (Wildman–Crippen LogP) is 4.21. The maximum atomic E-state index is 14.1. The summed E-state index contributed by atoms with van der Waals surface area (Å²) in [4.78, 5) is 17.3. The lowest BCUT2D eigenvalue weighted by Gasteiger charge is -2.18. The zero-order chi connectivity index (χ0) is 15.9. The number of fused-ring (bicyclic) bond motifs is 1. The second-order valence-corrected chi connectivity index (χ2v) is 6.23. The summed E-state index contributed by atoms with van der Waals surface area (Å²) in [6, 6.07) is 12.4. The number of rotatable bonds is 1. The van der Waals surface area contributed by atoms with Crippen LogP contribution in [0.5, 0.6) is 0 Å². The van der Waals surface area contributed by atoms with Crippen LogP contribution in [0.4, 0.5) is 10.1 Å². The number of nitrogens with zero attached hydrogens (tertiary/aromatic N) is 2. The molecule has 1 amide bonds. The van der Waals surface area contributed by atoms with E-state index in [4.69, 9.17) is 11.6 Å². The topological polar surface area (TPSA) is 32.7 Å². The van der Waals surface area contributed by atoms with E-state index in [0.29, 0.717) is 22.0 Å². The van der Waals surface area contributed by atoms with Gasteiger partial charge in [-0.05, 0) is 30.3 Å². The van der Waals surface area contributed by atoms with Crippen LogP contribution in [-0.2, 0) is 4.79 Å². The van der Waals surface area contributed by atoms with E-state index in [9.17, 15) is 9.18 Å². The third-order valence-electron chi connectivity index (χ3n) is 3.47. The van der Waals surface area contributed by atoms with Crippen molar-refractivity contribution in [3.05, 3.63) is 63.1 Å². The smallest absolute Gasteiger partial charge is 0.284 e. The molecule has 0 aliphatic carbocycles. The minimum absolute atomic E-state index is 0.412. The standard InChI is InChI=1S/C16H11BrClFN2O/c1-21-13-7-6-11(18)8-12(13)14(20-15(19)16(21)22)9-2-4-10(17)5-3-9/h2-8,15H,1H3. The molecule has 3 rings (SSSR count).